The average molecular weight is 438 g/mol. The van der Waals surface area contributed by atoms with Crippen LogP contribution in [0.5, 0.6) is 0 Å². The second-order valence-electron chi connectivity index (χ2n) is 9.52. The highest BCUT2D eigenvalue weighted by molar-refractivity contribution is 6.40. The molecule has 0 atom stereocenters. The quantitative estimate of drug-likeness (QED) is 0.537. The first-order valence-corrected chi connectivity index (χ1v) is 10.7. The molecule has 1 saturated heterocycles. The first kappa shape index (κ1) is 23.4. The lowest BCUT2D eigenvalue weighted by Gasteiger charge is -2.46. The lowest BCUT2D eigenvalue weighted by Crippen LogP contribution is -2.62. The van der Waals surface area contributed by atoms with Crippen molar-refractivity contribution in [2.24, 2.45) is 0 Å². The van der Waals surface area contributed by atoms with E-state index in [4.69, 9.17) is 0 Å². The zero-order valence-corrected chi connectivity index (χ0v) is 19.0. The van der Waals surface area contributed by atoms with Crippen LogP contribution in [0.3, 0.4) is 0 Å². The third kappa shape index (κ3) is 6.37. The molecule has 2 heterocycles. The number of para-hydroxylation sites is 1. The summed E-state index contributed by atoms with van der Waals surface area (Å²) in [7, 11) is 0. The predicted molar refractivity (Wildman–Crippen MR) is 123 cm³/mol. The molecule has 0 aliphatic carbocycles. The number of aromatic nitrogens is 1. The summed E-state index contributed by atoms with van der Waals surface area (Å²) >= 11 is 0. The van der Waals surface area contributed by atoms with Crippen LogP contribution in [-0.4, -0.2) is 39.8 Å². The molecule has 170 valence electrons. The first-order valence-electron chi connectivity index (χ1n) is 10.7. The van der Waals surface area contributed by atoms with Crippen LogP contribution in [0.2, 0.25) is 0 Å². The Hall–Kier alpha value is -3.26. The van der Waals surface area contributed by atoms with E-state index in [1.54, 1.807) is 42.7 Å². The van der Waals surface area contributed by atoms with Crippen LogP contribution in [0, 0.1) is 0 Å². The van der Waals surface area contributed by atoms with Crippen molar-refractivity contribution in [3.8, 4) is 0 Å². The Bertz CT molecular complexity index is 972. The molecule has 1 aliphatic heterocycles. The summed E-state index contributed by atoms with van der Waals surface area (Å²) in [6.45, 7) is 8.61. The smallest absolute Gasteiger partial charge is 0.313 e. The van der Waals surface area contributed by atoms with Crippen LogP contribution >= 0.6 is 0 Å². The monoisotopic (exact) mass is 437 g/mol. The molecule has 4 N–H and O–H groups in total. The second kappa shape index (κ2) is 9.48. The van der Waals surface area contributed by atoms with Crippen molar-refractivity contribution >= 4 is 23.4 Å². The van der Waals surface area contributed by atoms with Gasteiger partial charge in [0, 0.05) is 36.1 Å². The summed E-state index contributed by atoms with van der Waals surface area (Å²) in [5.41, 5.74) is 1.10. The third-order valence-electron chi connectivity index (χ3n) is 5.33. The number of nitrogens with one attached hydrogen (secondary N) is 4. The Morgan fingerprint density at radius 1 is 1.00 bits per heavy atom. The number of hydrogen-bond acceptors (Lipinski definition) is 5. The number of piperidine rings is 1. The summed E-state index contributed by atoms with van der Waals surface area (Å²) in [5.74, 6) is -1.87. The van der Waals surface area contributed by atoms with Crippen molar-refractivity contribution in [1.82, 2.24) is 20.9 Å². The number of anilines is 1. The maximum absolute atomic E-state index is 12.7. The standard InChI is InChI=1S/C24H31N5O3/c1-23(2)12-17(13-24(3,4)29-23)27-21(31)22(32)28-19-10-6-5-9-18(19)20(30)26-15-16-8-7-11-25-14-16/h5-11,14,17,29H,12-13,15H2,1-4H3,(H,26,30)(H,27,31)(H,28,32). The highest BCUT2D eigenvalue weighted by Gasteiger charge is 2.38. The number of amides is 3. The lowest BCUT2D eigenvalue weighted by atomic mass is 9.79. The molecule has 3 amide bonds. The fraction of sp³-hybridized carbons (Fsp3) is 0.417. The van der Waals surface area contributed by atoms with Crippen molar-refractivity contribution in [2.75, 3.05) is 5.32 Å². The van der Waals surface area contributed by atoms with Crippen molar-refractivity contribution in [3.63, 3.8) is 0 Å². The molecule has 1 aliphatic rings. The van der Waals surface area contributed by atoms with Crippen molar-refractivity contribution in [3.05, 3.63) is 59.9 Å². The van der Waals surface area contributed by atoms with E-state index >= 15 is 0 Å². The number of carbonyl (C=O) groups excluding carboxylic acids is 3. The van der Waals surface area contributed by atoms with Gasteiger partial charge in [-0.3, -0.25) is 19.4 Å². The molecule has 1 aromatic carbocycles. The van der Waals surface area contributed by atoms with E-state index in [2.05, 4.69) is 53.9 Å². The first-order chi connectivity index (χ1) is 15.0. The van der Waals surface area contributed by atoms with E-state index in [1.165, 1.54) is 0 Å². The van der Waals surface area contributed by atoms with Gasteiger partial charge >= 0.3 is 11.8 Å². The molecule has 8 heteroatoms. The second-order valence-corrected chi connectivity index (χ2v) is 9.52. The molecule has 32 heavy (non-hydrogen) atoms. The van der Waals surface area contributed by atoms with Gasteiger partial charge in [0.15, 0.2) is 0 Å². The molecule has 0 radical (unpaired) electrons. The number of nitrogens with zero attached hydrogens (tertiary/aromatic N) is 1. The minimum absolute atomic E-state index is 0.127. The zero-order chi connectivity index (χ0) is 23.4. The Balaban J connectivity index is 1.62. The largest absolute Gasteiger partial charge is 0.348 e. The van der Waals surface area contributed by atoms with Gasteiger partial charge in [0.2, 0.25) is 0 Å². The molecule has 0 unspecified atom stereocenters. The van der Waals surface area contributed by atoms with Crippen LogP contribution in [-0.2, 0) is 16.1 Å². The minimum Gasteiger partial charge on any atom is -0.348 e. The Kier molecular flexibility index (Phi) is 6.93. The van der Waals surface area contributed by atoms with Crippen molar-refractivity contribution in [2.45, 2.75) is 64.2 Å². The molecule has 3 rings (SSSR count). The van der Waals surface area contributed by atoms with Gasteiger partial charge in [-0.15, -0.1) is 0 Å². The van der Waals surface area contributed by atoms with Crippen LogP contribution in [0.15, 0.2) is 48.8 Å². The maximum Gasteiger partial charge on any atom is 0.313 e. The van der Waals surface area contributed by atoms with Crippen molar-refractivity contribution < 1.29 is 14.4 Å². The number of carbonyl (C=O) groups is 3. The molecule has 1 fully saturated rings. The molecule has 0 spiro atoms. The fourth-order valence-electron chi connectivity index (χ4n) is 4.42. The van der Waals surface area contributed by atoms with Gasteiger partial charge in [0.1, 0.15) is 0 Å². The summed E-state index contributed by atoms with van der Waals surface area (Å²) in [6, 6.07) is 10.1. The highest BCUT2D eigenvalue weighted by atomic mass is 16.2. The topological polar surface area (TPSA) is 112 Å². The fourth-order valence-corrected chi connectivity index (χ4v) is 4.42. The van der Waals surface area contributed by atoms with Crippen LogP contribution in [0.4, 0.5) is 5.69 Å². The molecule has 1 aromatic heterocycles. The van der Waals surface area contributed by atoms with E-state index in [-0.39, 0.29) is 34.3 Å². The van der Waals surface area contributed by atoms with Gasteiger partial charge < -0.3 is 21.3 Å². The maximum atomic E-state index is 12.7. The van der Waals surface area contributed by atoms with Crippen LogP contribution in [0.25, 0.3) is 0 Å². The van der Waals surface area contributed by atoms with E-state index < -0.39 is 11.8 Å². The molecular weight excluding hydrogens is 406 g/mol. The zero-order valence-electron chi connectivity index (χ0n) is 19.0. The van der Waals surface area contributed by atoms with E-state index in [1.807, 2.05) is 6.07 Å². The van der Waals surface area contributed by atoms with Gasteiger partial charge in [-0.1, -0.05) is 18.2 Å². The van der Waals surface area contributed by atoms with E-state index in [0.29, 0.717) is 19.4 Å². The van der Waals surface area contributed by atoms with Gasteiger partial charge in [-0.2, -0.15) is 0 Å². The minimum atomic E-state index is -0.799. The summed E-state index contributed by atoms with van der Waals surface area (Å²) in [5, 5.41) is 11.8. The number of pyridine rings is 1. The highest BCUT2D eigenvalue weighted by Crippen LogP contribution is 2.28. The number of rotatable bonds is 5. The van der Waals surface area contributed by atoms with Crippen molar-refractivity contribution in [1.29, 1.82) is 0 Å². The van der Waals surface area contributed by atoms with Gasteiger partial charge in [-0.05, 0) is 64.3 Å². The Labute approximate surface area is 188 Å². The lowest BCUT2D eigenvalue weighted by molar-refractivity contribution is -0.137. The van der Waals surface area contributed by atoms with Gasteiger partial charge in [-0.25, -0.2) is 0 Å². The van der Waals surface area contributed by atoms with Gasteiger partial charge in [0.25, 0.3) is 5.91 Å². The third-order valence-corrected chi connectivity index (χ3v) is 5.33. The van der Waals surface area contributed by atoms with E-state index in [0.717, 1.165) is 5.56 Å². The molecule has 8 nitrogen and oxygen atoms in total. The molecule has 2 aromatic rings. The van der Waals surface area contributed by atoms with Crippen LogP contribution in [0.1, 0.15) is 56.5 Å². The normalized spacial score (nSPS) is 17.2. The van der Waals surface area contributed by atoms with Gasteiger partial charge in [0.05, 0.1) is 11.3 Å². The SMILES string of the molecule is CC1(C)CC(NC(=O)C(=O)Nc2ccccc2C(=O)NCc2cccnc2)CC(C)(C)N1. The average Bonchev–Trinajstić information content (AvgIpc) is 2.70. The molecular formula is C24H31N5O3. The Morgan fingerprint density at radius 2 is 1.69 bits per heavy atom. The number of benzene rings is 1. The van der Waals surface area contributed by atoms with E-state index in [9.17, 15) is 14.4 Å². The molecule has 0 bridgehead atoms. The summed E-state index contributed by atoms with van der Waals surface area (Å²) in [6.07, 6.45) is 4.75. The summed E-state index contributed by atoms with van der Waals surface area (Å²) < 4.78 is 0. The predicted octanol–water partition coefficient (Wildman–Crippen LogP) is 2.38. The Morgan fingerprint density at radius 3 is 2.34 bits per heavy atom. The summed E-state index contributed by atoms with van der Waals surface area (Å²) in [4.78, 5) is 41.8. The molecule has 0 saturated carbocycles. The van der Waals surface area contributed by atoms with Crippen LogP contribution < -0.4 is 21.3 Å². The number of hydrogen-bond donors (Lipinski definition) is 4.